The van der Waals surface area contributed by atoms with Gasteiger partial charge in [-0.3, -0.25) is 4.68 Å². The summed E-state index contributed by atoms with van der Waals surface area (Å²) in [5, 5.41) is 19.0. The maximum absolute atomic E-state index is 11.5. The molecule has 0 amide bonds. The van der Waals surface area contributed by atoms with E-state index in [4.69, 9.17) is 4.74 Å². The Bertz CT molecular complexity index is 1520. The van der Waals surface area contributed by atoms with Crippen LogP contribution in [0.15, 0.2) is 55.0 Å². The minimum Gasteiger partial charge on any atom is -0.486 e. The molecule has 2 aliphatic rings. The van der Waals surface area contributed by atoms with Gasteiger partial charge in [0.2, 0.25) is 0 Å². The fraction of sp³-hybridized carbons (Fsp3) is 0.292. The first-order valence-corrected chi connectivity index (χ1v) is 12.7. The zero-order valence-electron chi connectivity index (χ0n) is 17.8. The number of nitrogens with zero attached hydrogens (tertiary/aromatic N) is 5. The SMILES string of the molecule is N#Cc1ccc2c(c1)CCC[C@@H]2Oc1ccc2cnn(-c3cnn(C4CS(=O)(=O)C4)c3)c2c1. The molecule has 4 aromatic rings. The lowest BCUT2D eigenvalue weighted by Gasteiger charge is -2.26. The lowest BCUT2D eigenvalue weighted by Crippen LogP contribution is -2.38. The lowest BCUT2D eigenvalue weighted by atomic mass is 9.88. The maximum Gasteiger partial charge on any atom is 0.154 e. The van der Waals surface area contributed by atoms with Crippen LogP contribution in [0.5, 0.6) is 5.75 Å². The molecule has 6 rings (SSSR count). The number of hydrogen-bond acceptors (Lipinski definition) is 6. The van der Waals surface area contributed by atoms with Gasteiger partial charge in [-0.05, 0) is 54.7 Å². The largest absolute Gasteiger partial charge is 0.486 e. The summed E-state index contributed by atoms with van der Waals surface area (Å²) >= 11 is 0. The monoisotopic (exact) mass is 459 g/mol. The van der Waals surface area contributed by atoms with Crippen LogP contribution in [0.1, 0.15) is 41.7 Å². The standard InChI is InChI=1S/C24H21N5O3S/c25-10-16-4-7-22-17(8-16)2-1-3-24(22)32-21-6-5-18-11-27-29(23(18)9-21)19-12-26-28(13-19)20-14-33(30,31)15-20/h4-9,11-13,20,24H,1-3,14-15H2/t24-/m0/s1. The van der Waals surface area contributed by atoms with Gasteiger partial charge in [0, 0.05) is 11.5 Å². The Kier molecular flexibility index (Phi) is 4.52. The highest BCUT2D eigenvalue weighted by Crippen LogP contribution is 2.35. The normalized spacial score (nSPS) is 19.5. The predicted molar refractivity (Wildman–Crippen MR) is 122 cm³/mol. The second-order valence-electron chi connectivity index (χ2n) is 8.71. The minimum absolute atomic E-state index is 0.0568. The topological polar surface area (TPSA) is 103 Å². The van der Waals surface area contributed by atoms with Crippen LogP contribution in [-0.4, -0.2) is 39.5 Å². The van der Waals surface area contributed by atoms with Crippen LogP contribution in [0.2, 0.25) is 0 Å². The van der Waals surface area contributed by atoms with E-state index >= 15 is 0 Å². The van der Waals surface area contributed by atoms with Crippen molar-refractivity contribution in [3.05, 3.63) is 71.7 Å². The van der Waals surface area contributed by atoms with Gasteiger partial charge in [0.1, 0.15) is 17.5 Å². The third-order valence-electron chi connectivity index (χ3n) is 6.45. The zero-order valence-corrected chi connectivity index (χ0v) is 18.6. The van der Waals surface area contributed by atoms with E-state index < -0.39 is 9.84 Å². The van der Waals surface area contributed by atoms with Gasteiger partial charge < -0.3 is 4.74 Å². The molecule has 0 saturated carbocycles. The lowest BCUT2D eigenvalue weighted by molar-refractivity contribution is 0.183. The third kappa shape index (κ3) is 3.56. The van der Waals surface area contributed by atoms with Crippen molar-refractivity contribution in [1.29, 1.82) is 5.26 Å². The van der Waals surface area contributed by atoms with Crippen molar-refractivity contribution in [3.8, 4) is 17.5 Å². The summed E-state index contributed by atoms with van der Waals surface area (Å²) in [7, 11) is -2.92. The summed E-state index contributed by atoms with van der Waals surface area (Å²) in [6, 6.07) is 13.8. The molecule has 0 spiro atoms. The molecular weight excluding hydrogens is 438 g/mol. The molecule has 0 bridgehead atoms. The van der Waals surface area contributed by atoms with E-state index in [9.17, 15) is 13.7 Å². The smallest absolute Gasteiger partial charge is 0.154 e. The van der Waals surface area contributed by atoms with Gasteiger partial charge in [0.25, 0.3) is 0 Å². The molecule has 0 N–H and O–H groups in total. The fourth-order valence-electron chi connectivity index (χ4n) is 4.73. The molecule has 1 fully saturated rings. The summed E-state index contributed by atoms with van der Waals surface area (Å²) < 4.78 is 32.9. The average Bonchev–Trinajstić information content (AvgIpc) is 3.44. The number of fused-ring (bicyclic) bond motifs is 2. The maximum atomic E-state index is 11.5. The summed E-state index contributed by atoms with van der Waals surface area (Å²) in [5.74, 6) is 1.01. The molecule has 33 heavy (non-hydrogen) atoms. The number of aryl methyl sites for hydroxylation is 1. The Morgan fingerprint density at radius 1 is 1.09 bits per heavy atom. The van der Waals surface area contributed by atoms with Gasteiger partial charge >= 0.3 is 0 Å². The number of sulfone groups is 1. The summed E-state index contributed by atoms with van der Waals surface area (Å²) in [6.45, 7) is 0. The Morgan fingerprint density at radius 2 is 1.97 bits per heavy atom. The van der Waals surface area contributed by atoms with E-state index in [0.717, 1.165) is 47.2 Å². The highest BCUT2D eigenvalue weighted by Gasteiger charge is 2.35. The molecule has 9 heteroatoms. The van der Waals surface area contributed by atoms with Crippen LogP contribution in [0.25, 0.3) is 16.6 Å². The first-order valence-electron chi connectivity index (χ1n) is 10.9. The highest BCUT2D eigenvalue weighted by molar-refractivity contribution is 7.92. The van der Waals surface area contributed by atoms with Gasteiger partial charge in [-0.2, -0.15) is 15.5 Å². The highest BCUT2D eigenvalue weighted by atomic mass is 32.2. The van der Waals surface area contributed by atoms with Gasteiger partial charge in [0.15, 0.2) is 9.84 Å². The fourth-order valence-corrected chi connectivity index (χ4v) is 6.11. The first-order chi connectivity index (χ1) is 16.0. The molecule has 1 aliphatic heterocycles. The van der Waals surface area contributed by atoms with Crippen LogP contribution in [-0.2, 0) is 16.3 Å². The third-order valence-corrected chi connectivity index (χ3v) is 8.24. The molecule has 2 aromatic heterocycles. The quantitative estimate of drug-likeness (QED) is 0.463. The molecule has 3 heterocycles. The van der Waals surface area contributed by atoms with Crippen molar-refractivity contribution in [2.75, 3.05) is 11.5 Å². The van der Waals surface area contributed by atoms with Gasteiger partial charge in [0.05, 0.1) is 53.3 Å². The molecule has 1 saturated heterocycles. The number of aromatic nitrogens is 4. The second kappa shape index (κ2) is 7.46. The summed E-state index contributed by atoms with van der Waals surface area (Å²) in [6.07, 6.45) is 8.18. The Hall–Kier alpha value is -3.64. The Balaban J connectivity index is 1.29. The van der Waals surface area contributed by atoms with Gasteiger partial charge in [-0.1, -0.05) is 6.07 Å². The molecule has 166 valence electrons. The van der Waals surface area contributed by atoms with Crippen LogP contribution in [0, 0.1) is 11.3 Å². The van der Waals surface area contributed by atoms with Crippen LogP contribution >= 0.6 is 0 Å². The van der Waals surface area contributed by atoms with Gasteiger partial charge in [-0.15, -0.1) is 0 Å². The summed E-state index contributed by atoms with van der Waals surface area (Å²) in [5.41, 5.74) is 4.68. The number of benzene rings is 2. The molecule has 0 unspecified atom stereocenters. The van der Waals surface area contributed by atoms with Crippen molar-refractivity contribution >= 4 is 20.7 Å². The number of hydrogen-bond donors (Lipinski definition) is 0. The molecule has 8 nitrogen and oxygen atoms in total. The predicted octanol–water partition coefficient (Wildman–Crippen LogP) is 3.52. The van der Waals surface area contributed by atoms with E-state index in [2.05, 4.69) is 16.3 Å². The van der Waals surface area contributed by atoms with Crippen molar-refractivity contribution in [3.63, 3.8) is 0 Å². The zero-order chi connectivity index (χ0) is 22.6. The molecule has 1 atom stereocenters. The Labute approximate surface area is 190 Å². The average molecular weight is 460 g/mol. The van der Waals surface area contributed by atoms with E-state index in [-0.39, 0.29) is 23.7 Å². The van der Waals surface area contributed by atoms with Gasteiger partial charge in [-0.25, -0.2) is 13.1 Å². The molecule has 0 radical (unpaired) electrons. The van der Waals surface area contributed by atoms with E-state index in [1.54, 1.807) is 21.8 Å². The second-order valence-corrected chi connectivity index (χ2v) is 10.9. The van der Waals surface area contributed by atoms with E-state index in [1.807, 2.05) is 42.6 Å². The van der Waals surface area contributed by atoms with E-state index in [1.165, 1.54) is 5.56 Å². The molecular formula is C24H21N5O3S. The van der Waals surface area contributed by atoms with Crippen molar-refractivity contribution in [2.24, 2.45) is 0 Å². The van der Waals surface area contributed by atoms with Crippen molar-refractivity contribution in [2.45, 2.75) is 31.4 Å². The summed E-state index contributed by atoms with van der Waals surface area (Å²) in [4.78, 5) is 0. The molecule has 2 aromatic carbocycles. The number of rotatable bonds is 4. The van der Waals surface area contributed by atoms with Crippen molar-refractivity contribution in [1.82, 2.24) is 19.6 Å². The van der Waals surface area contributed by atoms with Crippen LogP contribution in [0.4, 0.5) is 0 Å². The molecule has 1 aliphatic carbocycles. The van der Waals surface area contributed by atoms with Crippen molar-refractivity contribution < 1.29 is 13.2 Å². The Morgan fingerprint density at radius 3 is 2.79 bits per heavy atom. The number of nitriles is 1. The minimum atomic E-state index is -2.92. The van der Waals surface area contributed by atoms with E-state index in [0.29, 0.717) is 5.56 Å². The van der Waals surface area contributed by atoms with Crippen LogP contribution in [0.3, 0.4) is 0 Å². The van der Waals surface area contributed by atoms with Crippen LogP contribution < -0.4 is 4.74 Å². The number of ether oxygens (including phenoxy) is 1. The first kappa shape index (κ1) is 20.0.